The van der Waals surface area contributed by atoms with Crippen LogP contribution in [0, 0.1) is 6.92 Å². The molecule has 2 nitrogen and oxygen atoms in total. The van der Waals surface area contributed by atoms with Crippen LogP contribution in [-0.2, 0) is 5.41 Å². The first kappa shape index (κ1) is 17.5. The fraction of sp³-hybridized carbons (Fsp3) is 0.350. The Labute approximate surface area is 143 Å². The van der Waals surface area contributed by atoms with Crippen molar-refractivity contribution in [2.24, 2.45) is 0 Å². The summed E-state index contributed by atoms with van der Waals surface area (Å²) < 4.78 is 0. The summed E-state index contributed by atoms with van der Waals surface area (Å²) in [5, 5.41) is 6.92. The maximum atomic E-state index is 4.79. The zero-order valence-electron chi connectivity index (χ0n) is 14.9. The van der Waals surface area contributed by atoms with Gasteiger partial charge < -0.3 is 5.32 Å². The van der Waals surface area contributed by atoms with Gasteiger partial charge in [-0.3, -0.25) is 0 Å². The van der Waals surface area contributed by atoms with Gasteiger partial charge in [-0.25, -0.2) is 4.98 Å². The van der Waals surface area contributed by atoms with Crippen molar-refractivity contribution >= 4 is 32.9 Å². The number of hydrogen-bond donors (Lipinski definition) is 1. The van der Waals surface area contributed by atoms with Gasteiger partial charge in [0.15, 0.2) is 5.13 Å². The number of nitrogens with one attached hydrogen (secondary N) is 1. The highest BCUT2D eigenvalue weighted by atomic mass is 32.1. The average molecular weight is 327 g/mol. The van der Waals surface area contributed by atoms with Gasteiger partial charge in [-0.2, -0.15) is 0 Å². The first-order valence-corrected chi connectivity index (χ1v) is 8.99. The van der Waals surface area contributed by atoms with Crippen LogP contribution in [0.1, 0.15) is 45.2 Å². The van der Waals surface area contributed by atoms with Crippen LogP contribution in [0.25, 0.3) is 10.8 Å². The van der Waals surface area contributed by atoms with E-state index in [9.17, 15) is 0 Å². The predicted octanol–water partition coefficient (Wildman–Crippen LogP) is 6.67. The molecule has 0 aliphatic rings. The number of rotatable bonds is 2. The fourth-order valence-electron chi connectivity index (χ4n) is 2.60. The topological polar surface area (TPSA) is 24.9 Å². The molecular formula is C20H26N2S. The molecule has 0 unspecified atom stereocenters. The summed E-state index contributed by atoms with van der Waals surface area (Å²) in [7, 11) is 0. The van der Waals surface area contributed by atoms with E-state index in [0.717, 1.165) is 10.8 Å². The normalized spacial score (nSPS) is 11.0. The molecule has 0 aliphatic heterocycles. The Kier molecular flexibility index (Phi) is 5.42. The number of thiazole rings is 1. The van der Waals surface area contributed by atoms with Crippen molar-refractivity contribution in [2.75, 3.05) is 5.32 Å². The molecule has 1 N–H and O–H groups in total. The molecule has 3 rings (SSSR count). The van der Waals surface area contributed by atoms with Crippen LogP contribution in [0.2, 0.25) is 0 Å². The van der Waals surface area contributed by atoms with E-state index in [1.54, 1.807) is 11.3 Å². The number of aryl methyl sites for hydroxylation is 1. The fourth-order valence-corrected chi connectivity index (χ4v) is 3.63. The number of nitrogens with zero attached hydrogens (tertiary/aromatic N) is 1. The van der Waals surface area contributed by atoms with Gasteiger partial charge in [0.2, 0.25) is 0 Å². The largest absolute Gasteiger partial charge is 0.331 e. The third-order valence-corrected chi connectivity index (χ3v) is 4.42. The van der Waals surface area contributed by atoms with E-state index in [1.807, 2.05) is 13.8 Å². The smallest absolute Gasteiger partial charge is 0.187 e. The highest BCUT2D eigenvalue weighted by Crippen LogP contribution is 2.34. The van der Waals surface area contributed by atoms with Crippen LogP contribution >= 0.6 is 11.3 Å². The quantitative estimate of drug-likeness (QED) is 0.568. The Balaban J connectivity index is 0.000000924. The Morgan fingerprint density at radius 2 is 1.61 bits per heavy atom. The van der Waals surface area contributed by atoms with E-state index < -0.39 is 0 Å². The zero-order chi connectivity index (χ0) is 17.0. The first-order valence-electron chi connectivity index (χ1n) is 8.18. The van der Waals surface area contributed by atoms with Crippen LogP contribution in [0.4, 0.5) is 10.8 Å². The maximum absolute atomic E-state index is 4.79. The lowest BCUT2D eigenvalue weighted by Crippen LogP contribution is -2.13. The molecular weight excluding hydrogens is 300 g/mol. The van der Waals surface area contributed by atoms with Crippen LogP contribution in [-0.4, -0.2) is 4.98 Å². The number of fused-ring (bicyclic) bond motifs is 1. The van der Waals surface area contributed by atoms with Crippen LogP contribution in [0.5, 0.6) is 0 Å². The molecule has 122 valence electrons. The van der Waals surface area contributed by atoms with Gasteiger partial charge in [0, 0.05) is 21.4 Å². The second-order valence-corrected chi connectivity index (χ2v) is 7.53. The van der Waals surface area contributed by atoms with Gasteiger partial charge >= 0.3 is 0 Å². The second-order valence-electron chi connectivity index (χ2n) is 6.33. The molecule has 0 saturated carbocycles. The Morgan fingerprint density at radius 1 is 0.957 bits per heavy atom. The van der Waals surface area contributed by atoms with E-state index >= 15 is 0 Å². The second kappa shape index (κ2) is 7.14. The van der Waals surface area contributed by atoms with Crippen molar-refractivity contribution < 1.29 is 0 Å². The summed E-state index contributed by atoms with van der Waals surface area (Å²) in [5.74, 6) is 0. The molecule has 0 fully saturated rings. The summed E-state index contributed by atoms with van der Waals surface area (Å²) >= 11 is 1.72. The van der Waals surface area contributed by atoms with Gasteiger partial charge in [-0.1, -0.05) is 71.0 Å². The molecule has 0 radical (unpaired) electrons. The standard InChI is InChI=1S/C18H20N2S.C2H6/c1-12-16(18(2,3)4)20-17(21-12)19-15-11-7-9-13-8-5-6-10-14(13)15;1-2/h5-11H,1-4H3,(H,19,20);1-2H3. The minimum Gasteiger partial charge on any atom is -0.331 e. The number of benzene rings is 2. The summed E-state index contributed by atoms with van der Waals surface area (Å²) in [4.78, 5) is 6.07. The molecule has 3 heteroatoms. The van der Waals surface area contributed by atoms with Crippen molar-refractivity contribution in [1.82, 2.24) is 4.98 Å². The van der Waals surface area contributed by atoms with Gasteiger partial charge in [0.1, 0.15) is 0 Å². The first-order chi connectivity index (χ1) is 10.9. The van der Waals surface area contributed by atoms with Gasteiger partial charge in [0.25, 0.3) is 0 Å². The van der Waals surface area contributed by atoms with Crippen molar-refractivity contribution in [3.63, 3.8) is 0 Å². The zero-order valence-corrected chi connectivity index (χ0v) is 15.7. The van der Waals surface area contributed by atoms with E-state index in [2.05, 4.69) is 75.5 Å². The molecule has 1 aromatic heterocycles. The molecule has 1 heterocycles. The predicted molar refractivity (Wildman–Crippen MR) is 104 cm³/mol. The van der Waals surface area contributed by atoms with Gasteiger partial charge in [0.05, 0.1) is 5.69 Å². The molecule has 0 saturated heterocycles. The van der Waals surface area contributed by atoms with Crippen LogP contribution in [0.15, 0.2) is 42.5 Å². The van der Waals surface area contributed by atoms with Gasteiger partial charge in [-0.15, -0.1) is 11.3 Å². The lowest BCUT2D eigenvalue weighted by Gasteiger charge is -2.16. The van der Waals surface area contributed by atoms with Crippen molar-refractivity contribution in [2.45, 2.75) is 47.0 Å². The minimum atomic E-state index is 0.0826. The third-order valence-electron chi connectivity index (χ3n) is 3.54. The molecule has 0 atom stereocenters. The van der Waals surface area contributed by atoms with E-state index in [4.69, 9.17) is 4.98 Å². The van der Waals surface area contributed by atoms with Gasteiger partial charge in [-0.05, 0) is 18.4 Å². The number of anilines is 2. The number of aromatic nitrogens is 1. The Bertz CT molecular complexity index is 776. The molecule has 0 amide bonds. The summed E-state index contributed by atoms with van der Waals surface area (Å²) in [6.07, 6.45) is 0. The number of hydrogen-bond acceptors (Lipinski definition) is 3. The van der Waals surface area contributed by atoms with Crippen LogP contribution in [0.3, 0.4) is 0 Å². The van der Waals surface area contributed by atoms with E-state index in [1.165, 1.54) is 21.3 Å². The molecule has 0 aliphatic carbocycles. The highest BCUT2D eigenvalue weighted by Gasteiger charge is 2.21. The summed E-state index contributed by atoms with van der Waals surface area (Å²) in [5.41, 5.74) is 2.37. The minimum absolute atomic E-state index is 0.0826. The molecule has 3 aromatic rings. The summed E-state index contributed by atoms with van der Waals surface area (Å²) in [6, 6.07) is 14.7. The third kappa shape index (κ3) is 3.91. The lowest BCUT2D eigenvalue weighted by molar-refractivity contribution is 0.570. The molecule has 0 bridgehead atoms. The van der Waals surface area contributed by atoms with Crippen molar-refractivity contribution in [1.29, 1.82) is 0 Å². The maximum Gasteiger partial charge on any atom is 0.187 e. The monoisotopic (exact) mass is 326 g/mol. The summed E-state index contributed by atoms with van der Waals surface area (Å²) in [6.45, 7) is 12.8. The van der Waals surface area contributed by atoms with Crippen LogP contribution < -0.4 is 5.32 Å². The van der Waals surface area contributed by atoms with Crippen molar-refractivity contribution in [3.05, 3.63) is 53.0 Å². The van der Waals surface area contributed by atoms with Crippen molar-refractivity contribution in [3.8, 4) is 0 Å². The lowest BCUT2D eigenvalue weighted by atomic mass is 9.92. The average Bonchev–Trinajstić information content (AvgIpc) is 2.90. The highest BCUT2D eigenvalue weighted by molar-refractivity contribution is 7.15. The molecule has 2 aromatic carbocycles. The van der Waals surface area contributed by atoms with E-state index in [0.29, 0.717) is 0 Å². The SMILES string of the molecule is CC.Cc1sc(Nc2cccc3ccccc23)nc1C(C)(C)C. The Hall–Kier alpha value is -1.87. The molecule has 23 heavy (non-hydrogen) atoms. The molecule has 0 spiro atoms. The Morgan fingerprint density at radius 3 is 2.26 bits per heavy atom. The van der Waals surface area contributed by atoms with E-state index in [-0.39, 0.29) is 5.41 Å².